The Labute approximate surface area is 153 Å². The van der Waals surface area contributed by atoms with Crippen LogP contribution in [0.2, 0.25) is 0 Å². The Morgan fingerprint density at radius 2 is 2.19 bits per heavy atom. The highest BCUT2D eigenvalue weighted by molar-refractivity contribution is 5.94. The molecule has 0 saturated heterocycles. The average molecular weight is 392 g/mol. The number of hydrogen-bond donors (Lipinski definition) is 3. The Balaban J connectivity index is 0.00000243. The van der Waals surface area contributed by atoms with Gasteiger partial charge < -0.3 is 15.4 Å². The molecule has 0 fully saturated rings. The summed E-state index contributed by atoms with van der Waals surface area (Å²) in [6.07, 6.45) is -2.57. The average Bonchev–Trinajstić information content (AvgIpc) is 3.02. The molecule has 7 nitrogen and oxygen atoms in total. The molecule has 0 bridgehead atoms. The lowest BCUT2D eigenvalue weighted by atomic mass is 10.1. The zero-order chi connectivity index (χ0) is 17.9. The lowest BCUT2D eigenvalue weighted by Crippen LogP contribution is -2.31. The van der Waals surface area contributed by atoms with Gasteiger partial charge in [-0.05, 0) is 12.1 Å². The lowest BCUT2D eigenvalue weighted by molar-refractivity contribution is -0.139. The van der Waals surface area contributed by atoms with E-state index in [9.17, 15) is 18.0 Å². The number of nitrogens with zero attached hydrogens (tertiary/aromatic N) is 2. The number of amides is 1. The fraction of sp³-hybridized carbons (Fsp3) is 0.400. The minimum atomic E-state index is -4.55. The molecule has 0 aromatic carbocycles. The van der Waals surface area contributed by atoms with E-state index < -0.39 is 23.5 Å². The van der Waals surface area contributed by atoms with Crippen LogP contribution in [0.25, 0.3) is 0 Å². The molecule has 0 radical (unpaired) electrons. The maximum Gasteiger partial charge on any atom is 0.421 e. The van der Waals surface area contributed by atoms with Gasteiger partial charge in [-0.15, -0.1) is 12.4 Å². The molecule has 0 unspecified atom stereocenters. The predicted molar refractivity (Wildman–Crippen MR) is 88.3 cm³/mol. The highest BCUT2D eigenvalue weighted by Crippen LogP contribution is 2.34. The topological polar surface area (TPSA) is 91.9 Å². The fourth-order valence-electron chi connectivity index (χ4n) is 2.53. The number of rotatable bonds is 5. The number of aromatic amines is 1. The van der Waals surface area contributed by atoms with E-state index in [4.69, 9.17) is 4.74 Å². The van der Waals surface area contributed by atoms with Gasteiger partial charge in [-0.2, -0.15) is 18.3 Å². The molecule has 0 aliphatic carbocycles. The number of halogens is 4. The standard InChI is InChI=1S/C15H16F3N5O2.ClH/c16-15(17,18)10-2-1-4-21-14(10)25-7-6-20-13(24)12-9-8-19-5-3-11(9)22-23-12;/h1-2,4,19H,3,5-8H2,(H,20,24)(H,22,23);1H. The van der Waals surface area contributed by atoms with Crippen LogP contribution >= 0.6 is 12.4 Å². The fourth-order valence-corrected chi connectivity index (χ4v) is 2.53. The largest absolute Gasteiger partial charge is 0.475 e. The second-order valence-electron chi connectivity index (χ2n) is 5.41. The van der Waals surface area contributed by atoms with Crippen molar-refractivity contribution in [3.05, 3.63) is 40.8 Å². The van der Waals surface area contributed by atoms with Crippen LogP contribution in [0.15, 0.2) is 18.3 Å². The van der Waals surface area contributed by atoms with E-state index in [0.717, 1.165) is 30.3 Å². The van der Waals surface area contributed by atoms with E-state index in [0.29, 0.717) is 6.54 Å². The van der Waals surface area contributed by atoms with Gasteiger partial charge in [0.05, 0.1) is 6.54 Å². The minimum Gasteiger partial charge on any atom is -0.475 e. The van der Waals surface area contributed by atoms with Crippen LogP contribution in [0.3, 0.4) is 0 Å². The number of alkyl halides is 3. The first-order valence-electron chi connectivity index (χ1n) is 7.67. The summed E-state index contributed by atoms with van der Waals surface area (Å²) in [6, 6.07) is 2.08. The third kappa shape index (κ3) is 4.44. The van der Waals surface area contributed by atoms with Gasteiger partial charge >= 0.3 is 6.18 Å². The maximum absolute atomic E-state index is 12.8. The first-order chi connectivity index (χ1) is 12.0. The van der Waals surface area contributed by atoms with Crippen LogP contribution in [0.4, 0.5) is 13.2 Å². The first kappa shape index (κ1) is 20.0. The van der Waals surface area contributed by atoms with Crippen molar-refractivity contribution in [3.63, 3.8) is 0 Å². The molecule has 1 aliphatic heterocycles. The molecule has 2 aromatic rings. The van der Waals surface area contributed by atoms with Crippen molar-refractivity contribution < 1.29 is 22.7 Å². The number of H-pyrrole nitrogens is 1. The van der Waals surface area contributed by atoms with E-state index in [2.05, 4.69) is 25.8 Å². The summed E-state index contributed by atoms with van der Waals surface area (Å²) >= 11 is 0. The van der Waals surface area contributed by atoms with Gasteiger partial charge in [0.2, 0.25) is 5.88 Å². The summed E-state index contributed by atoms with van der Waals surface area (Å²) in [4.78, 5) is 15.7. The van der Waals surface area contributed by atoms with Crippen molar-refractivity contribution in [2.75, 3.05) is 19.7 Å². The number of hydrogen-bond acceptors (Lipinski definition) is 5. The Morgan fingerprint density at radius 1 is 1.38 bits per heavy atom. The monoisotopic (exact) mass is 391 g/mol. The zero-order valence-corrected chi connectivity index (χ0v) is 14.3. The van der Waals surface area contributed by atoms with E-state index in [1.54, 1.807) is 0 Å². The molecule has 142 valence electrons. The van der Waals surface area contributed by atoms with E-state index in [1.807, 2.05) is 0 Å². The molecule has 11 heteroatoms. The van der Waals surface area contributed by atoms with Crippen LogP contribution in [-0.2, 0) is 19.1 Å². The minimum absolute atomic E-state index is 0. The van der Waals surface area contributed by atoms with Gasteiger partial charge in [0.25, 0.3) is 5.91 Å². The van der Waals surface area contributed by atoms with E-state index >= 15 is 0 Å². The third-order valence-electron chi connectivity index (χ3n) is 3.72. The number of carbonyl (C=O) groups excluding carboxylic acids is 1. The molecular weight excluding hydrogens is 375 g/mol. The number of aromatic nitrogens is 3. The van der Waals surface area contributed by atoms with Crippen LogP contribution in [-0.4, -0.2) is 40.8 Å². The highest BCUT2D eigenvalue weighted by atomic mass is 35.5. The zero-order valence-electron chi connectivity index (χ0n) is 13.5. The molecule has 3 N–H and O–H groups in total. The number of ether oxygens (including phenoxy) is 1. The lowest BCUT2D eigenvalue weighted by Gasteiger charge is -2.13. The summed E-state index contributed by atoms with van der Waals surface area (Å²) in [5.41, 5.74) is 1.07. The number of fused-ring (bicyclic) bond motifs is 1. The molecule has 3 heterocycles. The van der Waals surface area contributed by atoms with Crippen molar-refractivity contribution in [1.82, 2.24) is 25.8 Å². The SMILES string of the molecule is Cl.O=C(NCCOc1ncccc1C(F)(F)F)c1n[nH]c2c1CNCC2. The van der Waals surface area contributed by atoms with Gasteiger partial charge in [-0.3, -0.25) is 9.89 Å². The van der Waals surface area contributed by atoms with Crippen LogP contribution in [0, 0.1) is 0 Å². The summed E-state index contributed by atoms with van der Waals surface area (Å²) in [5.74, 6) is -0.910. The van der Waals surface area contributed by atoms with Crippen molar-refractivity contribution in [3.8, 4) is 5.88 Å². The summed E-state index contributed by atoms with van der Waals surface area (Å²) < 4.78 is 43.5. The van der Waals surface area contributed by atoms with Gasteiger partial charge in [0.1, 0.15) is 12.2 Å². The van der Waals surface area contributed by atoms with Gasteiger partial charge in [0.15, 0.2) is 5.69 Å². The maximum atomic E-state index is 12.8. The number of carbonyl (C=O) groups is 1. The van der Waals surface area contributed by atoms with Crippen LogP contribution in [0.1, 0.15) is 27.3 Å². The second kappa shape index (κ2) is 8.37. The predicted octanol–water partition coefficient (Wildman–Crippen LogP) is 1.70. The van der Waals surface area contributed by atoms with Gasteiger partial charge in [-0.25, -0.2) is 4.98 Å². The normalized spacial score (nSPS) is 13.5. The Kier molecular flexibility index (Phi) is 6.43. The molecule has 2 aromatic heterocycles. The van der Waals surface area contributed by atoms with Gasteiger partial charge in [0, 0.05) is 37.0 Å². The molecule has 3 rings (SSSR count). The smallest absolute Gasteiger partial charge is 0.421 e. The molecular formula is C15H17ClF3N5O2. The van der Waals surface area contributed by atoms with Crippen LogP contribution < -0.4 is 15.4 Å². The first-order valence-corrected chi connectivity index (χ1v) is 7.67. The third-order valence-corrected chi connectivity index (χ3v) is 3.72. The molecule has 1 aliphatic rings. The quantitative estimate of drug-likeness (QED) is 0.675. The summed E-state index contributed by atoms with van der Waals surface area (Å²) in [7, 11) is 0. The van der Waals surface area contributed by atoms with E-state index in [1.165, 1.54) is 12.3 Å². The number of nitrogens with one attached hydrogen (secondary N) is 3. The molecule has 0 saturated carbocycles. The van der Waals surface area contributed by atoms with E-state index in [-0.39, 0.29) is 31.3 Å². The molecule has 0 atom stereocenters. The summed E-state index contributed by atoms with van der Waals surface area (Å²) in [5, 5.41) is 12.6. The van der Waals surface area contributed by atoms with Crippen molar-refractivity contribution in [1.29, 1.82) is 0 Å². The van der Waals surface area contributed by atoms with Crippen molar-refractivity contribution >= 4 is 18.3 Å². The Morgan fingerprint density at radius 3 is 2.96 bits per heavy atom. The summed E-state index contributed by atoms with van der Waals surface area (Å²) in [6.45, 7) is 1.25. The van der Waals surface area contributed by atoms with Crippen LogP contribution in [0.5, 0.6) is 5.88 Å². The van der Waals surface area contributed by atoms with Crippen molar-refractivity contribution in [2.24, 2.45) is 0 Å². The van der Waals surface area contributed by atoms with Gasteiger partial charge in [-0.1, -0.05) is 0 Å². The number of pyridine rings is 1. The Bertz CT molecular complexity index is 766. The molecule has 0 spiro atoms. The van der Waals surface area contributed by atoms with Crippen molar-refractivity contribution in [2.45, 2.75) is 19.1 Å². The highest BCUT2D eigenvalue weighted by Gasteiger charge is 2.35. The Hall–Kier alpha value is -2.33. The second-order valence-corrected chi connectivity index (χ2v) is 5.41. The molecule has 26 heavy (non-hydrogen) atoms. The molecule has 1 amide bonds.